The van der Waals surface area contributed by atoms with Crippen molar-refractivity contribution in [3.8, 4) is 0 Å². The van der Waals surface area contributed by atoms with Crippen LogP contribution in [0.25, 0.3) is 0 Å². The van der Waals surface area contributed by atoms with E-state index in [0.717, 1.165) is 25.5 Å². The number of furan rings is 1. The molecule has 0 bridgehead atoms. The maximum atomic E-state index is 5.50. The largest absolute Gasteiger partial charge is 0.469 e. The Labute approximate surface area is 96.0 Å². The Balaban J connectivity index is 2.18. The molecule has 0 atom stereocenters. The number of hydrogen-bond acceptors (Lipinski definition) is 3. The molecule has 0 aliphatic rings. The first-order valence-corrected chi connectivity index (χ1v) is 5.62. The van der Waals surface area contributed by atoms with Gasteiger partial charge in [-0.2, -0.15) is 0 Å². The van der Waals surface area contributed by atoms with Gasteiger partial charge in [0.15, 0.2) is 0 Å². The summed E-state index contributed by atoms with van der Waals surface area (Å²) in [6.07, 6.45) is 1.72. The summed E-state index contributed by atoms with van der Waals surface area (Å²) < 4.78 is 10.5. The zero-order valence-corrected chi connectivity index (χ0v) is 10.1. The van der Waals surface area contributed by atoms with E-state index >= 15 is 0 Å². The van der Waals surface area contributed by atoms with Gasteiger partial charge in [-0.05, 0) is 20.0 Å². The van der Waals surface area contributed by atoms with Gasteiger partial charge in [-0.1, -0.05) is 0 Å². The molecule has 4 heteroatoms. The van der Waals surface area contributed by atoms with E-state index in [4.69, 9.17) is 20.8 Å². The van der Waals surface area contributed by atoms with Gasteiger partial charge in [0.05, 0.1) is 19.5 Å². The molecule has 0 saturated carbocycles. The lowest BCUT2D eigenvalue weighted by Crippen LogP contribution is -2.23. The topological polar surface area (TPSA) is 25.6 Å². The molecular weight excluding hydrogens is 214 g/mol. The van der Waals surface area contributed by atoms with Crippen LogP contribution in [-0.2, 0) is 11.3 Å². The number of rotatable bonds is 7. The van der Waals surface area contributed by atoms with Crippen molar-refractivity contribution in [2.45, 2.75) is 13.5 Å². The monoisotopic (exact) mass is 231 g/mol. The number of nitrogens with zero attached hydrogens (tertiary/aromatic N) is 1. The molecular formula is C11H18ClNO2. The van der Waals surface area contributed by atoms with Crippen LogP contribution in [-0.4, -0.2) is 37.6 Å². The van der Waals surface area contributed by atoms with Crippen molar-refractivity contribution in [3.63, 3.8) is 0 Å². The van der Waals surface area contributed by atoms with Crippen molar-refractivity contribution >= 4 is 11.6 Å². The minimum atomic E-state index is 0.560. The van der Waals surface area contributed by atoms with Gasteiger partial charge in [0.25, 0.3) is 0 Å². The zero-order chi connectivity index (χ0) is 11.1. The van der Waals surface area contributed by atoms with E-state index in [0.29, 0.717) is 12.5 Å². The Morgan fingerprint density at radius 1 is 1.47 bits per heavy atom. The number of aryl methyl sites for hydroxylation is 1. The van der Waals surface area contributed by atoms with E-state index in [-0.39, 0.29) is 0 Å². The van der Waals surface area contributed by atoms with Crippen LogP contribution < -0.4 is 0 Å². The number of halogens is 1. The van der Waals surface area contributed by atoms with Gasteiger partial charge in [0.1, 0.15) is 5.76 Å². The fourth-order valence-corrected chi connectivity index (χ4v) is 1.43. The van der Waals surface area contributed by atoms with Gasteiger partial charge in [-0.3, -0.25) is 4.90 Å². The fourth-order valence-electron chi connectivity index (χ4n) is 1.32. The SMILES string of the molecule is Cc1occc1CN(C)CCOCCCl. The highest BCUT2D eigenvalue weighted by Crippen LogP contribution is 2.10. The maximum Gasteiger partial charge on any atom is 0.105 e. The second kappa shape index (κ2) is 6.88. The third-order valence-electron chi connectivity index (χ3n) is 2.25. The van der Waals surface area contributed by atoms with Crippen molar-refractivity contribution < 1.29 is 9.15 Å². The summed E-state index contributed by atoms with van der Waals surface area (Å²) in [5.74, 6) is 1.55. The van der Waals surface area contributed by atoms with E-state index in [1.165, 1.54) is 5.56 Å². The van der Waals surface area contributed by atoms with Gasteiger partial charge < -0.3 is 9.15 Å². The molecule has 86 valence electrons. The van der Waals surface area contributed by atoms with Crippen molar-refractivity contribution in [3.05, 3.63) is 23.7 Å². The Bertz CT molecular complexity index is 275. The van der Waals surface area contributed by atoms with E-state index in [2.05, 4.69) is 11.9 Å². The Kier molecular flexibility index (Phi) is 5.76. The van der Waals surface area contributed by atoms with E-state index < -0.39 is 0 Å². The van der Waals surface area contributed by atoms with Crippen molar-refractivity contribution in [2.24, 2.45) is 0 Å². The lowest BCUT2D eigenvalue weighted by atomic mass is 10.2. The van der Waals surface area contributed by atoms with Gasteiger partial charge in [-0.25, -0.2) is 0 Å². The third-order valence-corrected chi connectivity index (χ3v) is 2.40. The van der Waals surface area contributed by atoms with Crippen LogP contribution in [0.2, 0.25) is 0 Å². The maximum absolute atomic E-state index is 5.50. The second-order valence-electron chi connectivity index (χ2n) is 3.54. The first-order chi connectivity index (χ1) is 7.24. The minimum Gasteiger partial charge on any atom is -0.469 e. The first-order valence-electron chi connectivity index (χ1n) is 5.09. The van der Waals surface area contributed by atoms with Crippen LogP contribution >= 0.6 is 11.6 Å². The Hall–Kier alpha value is -0.510. The molecule has 1 rings (SSSR count). The predicted octanol–water partition coefficient (Wildman–Crippen LogP) is 2.28. The summed E-state index contributed by atoms with van der Waals surface area (Å²) >= 11 is 5.50. The molecule has 0 radical (unpaired) electrons. The van der Waals surface area contributed by atoms with E-state index in [1.54, 1.807) is 6.26 Å². The minimum absolute atomic E-state index is 0.560. The Morgan fingerprint density at radius 3 is 2.87 bits per heavy atom. The van der Waals surface area contributed by atoms with Gasteiger partial charge in [-0.15, -0.1) is 11.6 Å². The second-order valence-corrected chi connectivity index (χ2v) is 3.92. The van der Waals surface area contributed by atoms with Crippen LogP contribution in [0.15, 0.2) is 16.7 Å². The molecule has 0 fully saturated rings. The molecule has 0 N–H and O–H groups in total. The van der Waals surface area contributed by atoms with Crippen LogP contribution in [0, 0.1) is 6.92 Å². The zero-order valence-electron chi connectivity index (χ0n) is 9.33. The summed E-state index contributed by atoms with van der Waals surface area (Å²) in [7, 11) is 2.07. The highest BCUT2D eigenvalue weighted by Gasteiger charge is 2.04. The molecule has 0 spiro atoms. The number of hydrogen-bond donors (Lipinski definition) is 0. The first kappa shape index (κ1) is 12.6. The van der Waals surface area contributed by atoms with Crippen LogP contribution in [0.3, 0.4) is 0 Å². The van der Waals surface area contributed by atoms with E-state index in [9.17, 15) is 0 Å². The molecule has 15 heavy (non-hydrogen) atoms. The standard InChI is InChI=1S/C11H18ClNO2/c1-10-11(3-6-15-10)9-13(2)5-8-14-7-4-12/h3,6H,4-5,7-9H2,1-2H3. The number of ether oxygens (including phenoxy) is 1. The molecule has 0 aliphatic carbocycles. The fraction of sp³-hybridized carbons (Fsp3) is 0.636. The van der Waals surface area contributed by atoms with Crippen molar-refractivity contribution in [1.82, 2.24) is 4.90 Å². The normalized spacial score (nSPS) is 11.2. The summed E-state index contributed by atoms with van der Waals surface area (Å²) in [6.45, 7) is 5.13. The average Bonchev–Trinajstić information content (AvgIpc) is 2.59. The van der Waals surface area contributed by atoms with Crippen molar-refractivity contribution in [1.29, 1.82) is 0 Å². The quantitative estimate of drug-likeness (QED) is 0.532. The molecule has 0 amide bonds. The molecule has 0 aliphatic heterocycles. The van der Waals surface area contributed by atoms with Gasteiger partial charge >= 0.3 is 0 Å². The van der Waals surface area contributed by atoms with Crippen LogP contribution in [0.1, 0.15) is 11.3 Å². The Morgan fingerprint density at radius 2 is 2.27 bits per heavy atom. The molecule has 1 aromatic rings. The average molecular weight is 232 g/mol. The highest BCUT2D eigenvalue weighted by atomic mass is 35.5. The van der Waals surface area contributed by atoms with Crippen molar-refractivity contribution in [2.75, 3.05) is 32.7 Å². The third kappa shape index (κ3) is 4.69. The predicted molar refractivity (Wildman–Crippen MR) is 61.3 cm³/mol. The van der Waals surface area contributed by atoms with Crippen LogP contribution in [0.5, 0.6) is 0 Å². The van der Waals surface area contributed by atoms with Gasteiger partial charge in [0, 0.05) is 24.5 Å². The smallest absolute Gasteiger partial charge is 0.105 e. The highest BCUT2D eigenvalue weighted by molar-refractivity contribution is 6.17. The summed E-state index contributed by atoms with van der Waals surface area (Å²) in [6, 6.07) is 2.01. The molecule has 0 unspecified atom stereocenters. The molecule has 0 aromatic carbocycles. The lowest BCUT2D eigenvalue weighted by Gasteiger charge is -2.15. The summed E-state index contributed by atoms with van der Waals surface area (Å²) in [5, 5.41) is 0. The molecule has 0 saturated heterocycles. The summed E-state index contributed by atoms with van der Waals surface area (Å²) in [4.78, 5) is 2.20. The molecule has 3 nitrogen and oxygen atoms in total. The van der Waals surface area contributed by atoms with Gasteiger partial charge in [0.2, 0.25) is 0 Å². The molecule has 1 aromatic heterocycles. The molecule has 1 heterocycles. The van der Waals surface area contributed by atoms with Crippen LogP contribution in [0.4, 0.5) is 0 Å². The van der Waals surface area contributed by atoms with E-state index in [1.807, 2.05) is 13.0 Å². The number of alkyl halides is 1. The lowest BCUT2D eigenvalue weighted by molar-refractivity contribution is 0.121. The summed E-state index contributed by atoms with van der Waals surface area (Å²) in [5.41, 5.74) is 1.23. The number of likely N-dealkylation sites (N-methyl/N-ethyl adjacent to an activating group) is 1.